The topological polar surface area (TPSA) is 74.8 Å². The summed E-state index contributed by atoms with van der Waals surface area (Å²) in [6.45, 7) is 13.5. The van der Waals surface area contributed by atoms with Crippen LogP contribution in [0, 0.1) is 59.2 Å². The molecule has 5 rings (SSSR count). The second-order valence-electron chi connectivity index (χ2n) is 14.1. The molecule has 0 aromatic heterocycles. The van der Waals surface area contributed by atoms with Gasteiger partial charge in [-0.25, -0.2) is 0 Å². The number of fused-ring (bicyclic) bond motifs is 2. The average Bonchev–Trinajstić information content (AvgIpc) is 3.30. The van der Waals surface area contributed by atoms with Crippen LogP contribution in [0.25, 0.3) is 0 Å². The Morgan fingerprint density at radius 3 is 1.45 bits per heavy atom. The maximum Gasteiger partial charge on any atom is 0.237 e. The molecule has 9 unspecified atom stereocenters. The van der Waals surface area contributed by atoms with Crippen LogP contribution in [0.1, 0.15) is 92.9 Å². The lowest BCUT2D eigenvalue weighted by molar-refractivity contribution is -0.124. The highest BCUT2D eigenvalue weighted by atomic mass is 16.2. The van der Waals surface area contributed by atoms with Crippen molar-refractivity contribution in [3.8, 4) is 0 Å². The fraction of sp³-hybridized carbons (Fsp3) is 0.706. The predicted octanol–water partition coefficient (Wildman–Crippen LogP) is 6.86. The third-order valence-corrected chi connectivity index (χ3v) is 11.3. The standard InChI is InChI=1S/C34H48N2O4/c1-19(2)20(3)9-7-8-10-24-18-30-29(17-23(24)6)33(39)36(34(30)40)26-13-11-25(12-14-26)35-31(37)27-15-21(4)22(5)16-28(27)32(35)38/h11-14,19-24,27-30H,7-10,15-18H2,1-6H3. The number of carbonyl (C=O) groups is 4. The largest absolute Gasteiger partial charge is 0.274 e. The number of imide groups is 2. The van der Waals surface area contributed by atoms with Crippen molar-refractivity contribution < 1.29 is 19.2 Å². The maximum atomic E-state index is 13.6. The Balaban J connectivity index is 1.24. The van der Waals surface area contributed by atoms with Gasteiger partial charge in [-0.1, -0.05) is 67.2 Å². The van der Waals surface area contributed by atoms with E-state index in [1.807, 2.05) is 0 Å². The summed E-state index contributed by atoms with van der Waals surface area (Å²) in [5.41, 5.74) is 1.07. The Bertz CT molecular complexity index is 1120. The first kappa shape index (κ1) is 29.0. The summed E-state index contributed by atoms with van der Waals surface area (Å²) in [5, 5.41) is 0. The lowest BCUT2D eigenvalue weighted by Gasteiger charge is -2.34. The average molecular weight is 549 g/mol. The van der Waals surface area contributed by atoms with E-state index in [0.29, 0.717) is 41.0 Å². The number of amides is 4. The molecule has 6 heteroatoms. The first-order chi connectivity index (χ1) is 19.0. The molecule has 4 aliphatic rings. The van der Waals surface area contributed by atoms with Gasteiger partial charge < -0.3 is 0 Å². The molecule has 4 fully saturated rings. The van der Waals surface area contributed by atoms with Crippen LogP contribution in [0.4, 0.5) is 11.4 Å². The summed E-state index contributed by atoms with van der Waals surface area (Å²) in [6, 6.07) is 6.91. The van der Waals surface area contributed by atoms with E-state index in [1.54, 1.807) is 24.3 Å². The molecule has 2 heterocycles. The van der Waals surface area contributed by atoms with Crippen LogP contribution in [0.2, 0.25) is 0 Å². The zero-order valence-corrected chi connectivity index (χ0v) is 25.3. The molecule has 6 nitrogen and oxygen atoms in total. The Morgan fingerprint density at radius 2 is 1.02 bits per heavy atom. The monoisotopic (exact) mass is 548 g/mol. The summed E-state index contributed by atoms with van der Waals surface area (Å²) in [7, 11) is 0. The zero-order valence-electron chi connectivity index (χ0n) is 25.3. The van der Waals surface area contributed by atoms with Gasteiger partial charge in [-0.05, 0) is 85.5 Å². The van der Waals surface area contributed by atoms with Gasteiger partial charge in [0.15, 0.2) is 0 Å². The number of hydrogen-bond acceptors (Lipinski definition) is 4. The summed E-state index contributed by atoms with van der Waals surface area (Å²) in [6.07, 6.45) is 7.85. The van der Waals surface area contributed by atoms with Gasteiger partial charge in [0.2, 0.25) is 23.6 Å². The van der Waals surface area contributed by atoms with Crippen LogP contribution in [-0.4, -0.2) is 23.6 Å². The molecular formula is C34H48N2O4. The van der Waals surface area contributed by atoms with Crippen molar-refractivity contribution in [2.24, 2.45) is 59.2 Å². The van der Waals surface area contributed by atoms with Crippen molar-refractivity contribution in [2.75, 3.05) is 9.80 Å². The molecule has 2 saturated heterocycles. The molecule has 1 aromatic rings. The van der Waals surface area contributed by atoms with Crippen LogP contribution in [-0.2, 0) is 19.2 Å². The Labute approximate surface area is 240 Å². The third-order valence-electron chi connectivity index (χ3n) is 11.3. The van der Waals surface area contributed by atoms with Gasteiger partial charge >= 0.3 is 0 Å². The Hall–Kier alpha value is -2.50. The number of carbonyl (C=O) groups excluding carboxylic acids is 4. The minimum atomic E-state index is -0.242. The van der Waals surface area contributed by atoms with Gasteiger partial charge in [-0.15, -0.1) is 0 Å². The normalized spacial score (nSPS) is 35.0. The lowest BCUT2D eigenvalue weighted by atomic mass is 9.68. The van der Waals surface area contributed by atoms with Crippen molar-refractivity contribution in [3.63, 3.8) is 0 Å². The molecule has 4 amide bonds. The van der Waals surface area contributed by atoms with Crippen molar-refractivity contribution in [1.29, 1.82) is 0 Å². The molecule has 0 spiro atoms. The molecular weight excluding hydrogens is 500 g/mol. The van der Waals surface area contributed by atoms with Crippen LogP contribution in [0.15, 0.2) is 24.3 Å². The molecule has 1 aromatic carbocycles. The number of unbranched alkanes of at least 4 members (excludes halogenated alkanes) is 1. The summed E-state index contributed by atoms with van der Waals surface area (Å²) in [5.74, 6) is 1.85. The van der Waals surface area contributed by atoms with Crippen molar-refractivity contribution in [2.45, 2.75) is 92.9 Å². The van der Waals surface area contributed by atoms with E-state index in [-0.39, 0.29) is 47.3 Å². The number of hydrogen-bond donors (Lipinski definition) is 0. The van der Waals surface area contributed by atoms with Gasteiger partial charge in [0.05, 0.1) is 35.0 Å². The minimum Gasteiger partial charge on any atom is -0.274 e. The van der Waals surface area contributed by atoms with E-state index in [0.717, 1.165) is 38.0 Å². The highest BCUT2D eigenvalue weighted by Gasteiger charge is 2.53. The number of benzene rings is 1. The zero-order chi connectivity index (χ0) is 28.9. The van der Waals surface area contributed by atoms with Crippen LogP contribution in [0.3, 0.4) is 0 Å². The molecule has 9 atom stereocenters. The second-order valence-corrected chi connectivity index (χ2v) is 14.1. The highest BCUT2D eigenvalue weighted by Crippen LogP contribution is 2.47. The molecule has 2 aliphatic heterocycles. The van der Waals surface area contributed by atoms with Crippen molar-refractivity contribution in [1.82, 2.24) is 0 Å². The van der Waals surface area contributed by atoms with Crippen molar-refractivity contribution >= 4 is 35.0 Å². The molecule has 218 valence electrons. The summed E-state index contributed by atoms with van der Waals surface area (Å²) in [4.78, 5) is 56.2. The van der Waals surface area contributed by atoms with Crippen molar-refractivity contribution in [3.05, 3.63) is 24.3 Å². The van der Waals surface area contributed by atoms with E-state index in [2.05, 4.69) is 41.5 Å². The van der Waals surface area contributed by atoms with E-state index in [1.165, 1.54) is 29.1 Å². The minimum absolute atomic E-state index is 0.0876. The fourth-order valence-corrected chi connectivity index (χ4v) is 7.91. The second kappa shape index (κ2) is 11.4. The first-order valence-electron chi connectivity index (χ1n) is 15.8. The van der Waals surface area contributed by atoms with Gasteiger partial charge in [-0.3, -0.25) is 29.0 Å². The summed E-state index contributed by atoms with van der Waals surface area (Å²) >= 11 is 0. The Kier molecular flexibility index (Phi) is 8.27. The van der Waals surface area contributed by atoms with E-state index in [9.17, 15) is 19.2 Å². The third kappa shape index (κ3) is 5.16. The van der Waals surface area contributed by atoms with E-state index >= 15 is 0 Å². The van der Waals surface area contributed by atoms with Crippen LogP contribution < -0.4 is 9.80 Å². The predicted molar refractivity (Wildman–Crippen MR) is 157 cm³/mol. The smallest absolute Gasteiger partial charge is 0.237 e. The lowest BCUT2D eigenvalue weighted by Crippen LogP contribution is -2.32. The Morgan fingerprint density at radius 1 is 0.625 bits per heavy atom. The van der Waals surface area contributed by atoms with Gasteiger partial charge in [0.1, 0.15) is 0 Å². The number of rotatable bonds is 8. The van der Waals surface area contributed by atoms with Gasteiger partial charge in [0, 0.05) is 0 Å². The SMILES string of the molecule is CC(C)C(C)CCCCC1CC2C(=O)N(c3ccc(N4C(=O)C5CC(C)C(C)CC5C4=O)cc3)C(=O)C2CC1C. The molecule has 2 saturated carbocycles. The molecule has 2 aliphatic carbocycles. The molecule has 0 N–H and O–H groups in total. The number of anilines is 2. The fourth-order valence-electron chi connectivity index (χ4n) is 7.91. The quantitative estimate of drug-likeness (QED) is 0.263. The van der Waals surface area contributed by atoms with Crippen LogP contribution >= 0.6 is 0 Å². The molecule has 0 radical (unpaired) electrons. The summed E-state index contributed by atoms with van der Waals surface area (Å²) < 4.78 is 0. The van der Waals surface area contributed by atoms with E-state index in [4.69, 9.17) is 0 Å². The maximum absolute atomic E-state index is 13.6. The van der Waals surface area contributed by atoms with Gasteiger partial charge in [-0.2, -0.15) is 0 Å². The molecule has 40 heavy (non-hydrogen) atoms. The number of nitrogens with zero attached hydrogens (tertiary/aromatic N) is 2. The van der Waals surface area contributed by atoms with E-state index < -0.39 is 0 Å². The van der Waals surface area contributed by atoms with Crippen LogP contribution in [0.5, 0.6) is 0 Å². The highest BCUT2D eigenvalue weighted by molar-refractivity contribution is 6.23. The molecule has 0 bridgehead atoms. The first-order valence-corrected chi connectivity index (χ1v) is 15.8. The van der Waals surface area contributed by atoms with Gasteiger partial charge in [0.25, 0.3) is 0 Å².